The maximum Gasteiger partial charge on any atom is 0.0865 e. The molecule has 1 radical (unpaired) electrons. The maximum atomic E-state index is 6.28. The number of rotatable bonds is 3. The molecule has 1 aromatic carbocycles. The fourth-order valence-corrected chi connectivity index (χ4v) is 2.31. The number of halogens is 1. The summed E-state index contributed by atoms with van der Waals surface area (Å²) in [6, 6.07) is 7.79. The van der Waals surface area contributed by atoms with Crippen molar-refractivity contribution in [2.75, 3.05) is 7.11 Å². The second kappa shape index (κ2) is 4.12. The lowest BCUT2D eigenvalue weighted by atomic mass is 9.66. The fraction of sp³-hybridized carbons (Fsp3) is 0.417. The summed E-state index contributed by atoms with van der Waals surface area (Å²) in [5.41, 5.74) is 7.25. The van der Waals surface area contributed by atoms with Crippen molar-refractivity contribution in [1.29, 1.82) is 0 Å². The van der Waals surface area contributed by atoms with Crippen molar-refractivity contribution < 1.29 is 4.74 Å². The van der Waals surface area contributed by atoms with E-state index < -0.39 is 0 Å². The Morgan fingerprint density at radius 2 is 2.00 bits per heavy atom. The first-order valence-corrected chi connectivity index (χ1v) is 5.43. The summed E-state index contributed by atoms with van der Waals surface area (Å²) in [5, 5.41) is 0.752. The topological polar surface area (TPSA) is 35.2 Å². The molecule has 81 valence electrons. The highest BCUT2D eigenvalue weighted by atomic mass is 35.5. The van der Waals surface area contributed by atoms with E-state index in [2.05, 4.69) is 0 Å². The van der Waals surface area contributed by atoms with Gasteiger partial charge in [-0.05, 0) is 36.5 Å². The van der Waals surface area contributed by atoms with Gasteiger partial charge in [0.1, 0.15) is 0 Å². The summed E-state index contributed by atoms with van der Waals surface area (Å²) in [7, 11) is 1.68. The molecule has 0 aliphatic heterocycles. The van der Waals surface area contributed by atoms with Crippen molar-refractivity contribution >= 4 is 11.6 Å². The van der Waals surface area contributed by atoms with Gasteiger partial charge in [-0.1, -0.05) is 23.7 Å². The van der Waals surface area contributed by atoms with Crippen LogP contribution in [0.1, 0.15) is 18.4 Å². The Balaban J connectivity index is 2.03. The molecule has 2 rings (SSSR count). The molecule has 0 bridgehead atoms. The lowest BCUT2D eigenvalue weighted by Gasteiger charge is -2.45. The van der Waals surface area contributed by atoms with Crippen LogP contribution in [0.5, 0.6) is 0 Å². The second-order valence-electron chi connectivity index (χ2n) is 4.20. The van der Waals surface area contributed by atoms with E-state index in [1.54, 1.807) is 7.11 Å². The van der Waals surface area contributed by atoms with Crippen LogP contribution < -0.4 is 5.73 Å². The van der Waals surface area contributed by atoms with E-state index in [1.165, 1.54) is 0 Å². The average molecular weight is 225 g/mol. The van der Waals surface area contributed by atoms with Crippen molar-refractivity contribution in [3.8, 4) is 0 Å². The van der Waals surface area contributed by atoms with Crippen LogP contribution in [0.4, 0.5) is 0 Å². The van der Waals surface area contributed by atoms with Crippen LogP contribution in [0.15, 0.2) is 24.3 Å². The monoisotopic (exact) mass is 224 g/mol. The van der Waals surface area contributed by atoms with Crippen LogP contribution in [0.25, 0.3) is 0 Å². The summed E-state index contributed by atoms with van der Waals surface area (Å²) in [6.45, 7) is 1.86. The minimum Gasteiger partial charge on any atom is -0.378 e. The number of hydrogen-bond donors (Lipinski definition) is 1. The Labute approximate surface area is 95.4 Å². The first kappa shape index (κ1) is 10.9. The molecule has 0 heterocycles. The predicted octanol–water partition coefficient (Wildman–Crippen LogP) is 2.71. The molecule has 3 heteroatoms. The first-order chi connectivity index (χ1) is 7.14. The highest BCUT2D eigenvalue weighted by molar-refractivity contribution is 6.30. The molecule has 15 heavy (non-hydrogen) atoms. The van der Waals surface area contributed by atoms with Gasteiger partial charge in [-0.15, -0.1) is 0 Å². The Kier molecular flexibility index (Phi) is 3.01. The van der Waals surface area contributed by atoms with E-state index >= 15 is 0 Å². The number of hydrogen-bond acceptors (Lipinski definition) is 2. The SMILES string of the molecule is CO[CH]C1CC(N)(c2ccc(Cl)cc2)C1. The number of ether oxygens (including phenoxy) is 1. The van der Waals surface area contributed by atoms with Gasteiger partial charge in [-0.2, -0.15) is 0 Å². The molecular weight excluding hydrogens is 210 g/mol. The smallest absolute Gasteiger partial charge is 0.0865 e. The van der Waals surface area contributed by atoms with Crippen LogP contribution in [-0.2, 0) is 10.3 Å². The molecule has 0 atom stereocenters. The lowest BCUT2D eigenvalue weighted by molar-refractivity contribution is 0.103. The molecule has 0 unspecified atom stereocenters. The summed E-state index contributed by atoms with van der Waals surface area (Å²) in [6.07, 6.45) is 1.89. The molecule has 0 spiro atoms. The molecule has 1 saturated carbocycles. The summed E-state index contributed by atoms with van der Waals surface area (Å²) in [4.78, 5) is 0. The van der Waals surface area contributed by atoms with Crippen LogP contribution in [0, 0.1) is 12.5 Å². The normalized spacial score (nSPS) is 29.9. The third-order valence-corrected chi connectivity index (χ3v) is 3.25. The van der Waals surface area contributed by atoms with Gasteiger partial charge < -0.3 is 10.5 Å². The molecular formula is C12H15ClNO. The lowest BCUT2D eigenvalue weighted by Crippen LogP contribution is -2.49. The molecule has 2 N–H and O–H groups in total. The van der Waals surface area contributed by atoms with Crippen LogP contribution in [0.2, 0.25) is 5.02 Å². The van der Waals surface area contributed by atoms with Gasteiger partial charge in [0.05, 0.1) is 6.61 Å². The van der Waals surface area contributed by atoms with Gasteiger partial charge in [0, 0.05) is 17.7 Å². The van der Waals surface area contributed by atoms with Crippen LogP contribution in [-0.4, -0.2) is 7.11 Å². The molecule has 1 aliphatic carbocycles. The molecule has 1 fully saturated rings. The van der Waals surface area contributed by atoms with E-state index in [0.717, 1.165) is 23.4 Å². The van der Waals surface area contributed by atoms with Crippen LogP contribution >= 0.6 is 11.6 Å². The quantitative estimate of drug-likeness (QED) is 0.857. The Morgan fingerprint density at radius 1 is 1.40 bits per heavy atom. The molecule has 1 aliphatic rings. The number of methoxy groups -OCH3 is 1. The zero-order chi connectivity index (χ0) is 10.9. The first-order valence-electron chi connectivity index (χ1n) is 5.05. The molecule has 1 aromatic rings. The molecule has 0 aromatic heterocycles. The third-order valence-electron chi connectivity index (χ3n) is 3.00. The third kappa shape index (κ3) is 2.17. The summed E-state index contributed by atoms with van der Waals surface area (Å²) >= 11 is 5.83. The van der Waals surface area contributed by atoms with Gasteiger partial charge in [-0.25, -0.2) is 0 Å². The van der Waals surface area contributed by atoms with E-state index in [1.807, 2.05) is 30.9 Å². The zero-order valence-corrected chi connectivity index (χ0v) is 9.50. The highest BCUT2D eigenvalue weighted by Crippen LogP contribution is 2.44. The van der Waals surface area contributed by atoms with Gasteiger partial charge in [0.2, 0.25) is 0 Å². The Morgan fingerprint density at radius 3 is 2.53 bits per heavy atom. The Hall–Kier alpha value is -0.570. The van der Waals surface area contributed by atoms with E-state index in [9.17, 15) is 0 Å². The van der Waals surface area contributed by atoms with Gasteiger partial charge in [0.25, 0.3) is 0 Å². The summed E-state index contributed by atoms with van der Waals surface area (Å²) in [5.74, 6) is 0.482. The van der Waals surface area contributed by atoms with E-state index in [4.69, 9.17) is 22.1 Å². The zero-order valence-electron chi connectivity index (χ0n) is 8.74. The number of benzene rings is 1. The standard InChI is InChI=1S/C12H15ClNO/c1-15-8-9-6-12(14,7-9)10-2-4-11(13)5-3-10/h2-5,8-9H,6-7,14H2,1H3. The van der Waals surface area contributed by atoms with Gasteiger partial charge >= 0.3 is 0 Å². The maximum absolute atomic E-state index is 6.28. The van der Waals surface area contributed by atoms with Crippen molar-refractivity contribution in [2.45, 2.75) is 18.4 Å². The molecule has 0 amide bonds. The summed E-state index contributed by atoms with van der Waals surface area (Å²) < 4.78 is 4.99. The fourth-order valence-electron chi connectivity index (χ4n) is 2.18. The molecule has 0 saturated heterocycles. The van der Waals surface area contributed by atoms with Crippen LogP contribution in [0.3, 0.4) is 0 Å². The largest absolute Gasteiger partial charge is 0.378 e. The minimum atomic E-state index is -0.190. The van der Waals surface area contributed by atoms with Crippen molar-refractivity contribution in [3.63, 3.8) is 0 Å². The van der Waals surface area contributed by atoms with Gasteiger partial charge in [0.15, 0.2) is 0 Å². The van der Waals surface area contributed by atoms with E-state index in [0.29, 0.717) is 5.92 Å². The highest BCUT2D eigenvalue weighted by Gasteiger charge is 2.42. The predicted molar refractivity (Wildman–Crippen MR) is 61.4 cm³/mol. The van der Waals surface area contributed by atoms with Crippen molar-refractivity contribution in [2.24, 2.45) is 11.7 Å². The average Bonchev–Trinajstić information content (AvgIpc) is 2.16. The second-order valence-corrected chi connectivity index (χ2v) is 4.64. The minimum absolute atomic E-state index is 0.190. The molecule has 2 nitrogen and oxygen atoms in total. The number of nitrogens with two attached hydrogens (primary N) is 1. The van der Waals surface area contributed by atoms with Gasteiger partial charge in [-0.3, -0.25) is 0 Å². The van der Waals surface area contributed by atoms with Crippen molar-refractivity contribution in [1.82, 2.24) is 0 Å². The van der Waals surface area contributed by atoms with Crippen molar-refractivity contribution in [3.05, 3.63) is 41.5 Å². The van der Waals surface area contributed by atoms with E-state index in [-0.39, 0.29) is 5.54 Å². The Bertz CT molecular complexity index is 330.